The van der Waals surface area contributed by atoms with Crippen molar-refractivity contribution in [2.24, 2.45) is 11.7 Å². The predicted octanol–water partition coefficient (Wildman–Crippen LogP) is 1.98. The standard InChI is InChI=1S/C18H34N4O2/c1-3-18(4-2,13-19)21-16(23)14-8-7-11-22(12-14)17(24)20-15-9-5-6-10-15/h14-15H,3-13,19H2,1-2H3,(H,20,24)(H,21,23). The van der Waals surface area contributed by atoms with Gasteiger partial charge in [-0.2, -0.15) is 0 Å². The lowest BCUT2D eigenvalue weighted by molar-refractivity contribution is -0.128. The van der Waals surface area contributed by atoms with Crippen molar-refractivity contribution in [3.05, 3.63) is 0 Å². The number of nitrogens with two attached hydrogens (primary N) is 1. The number of hydrogen-bond donors (Lipinski definition) is 3. The monoisotopic (exact) mass is 338 g/mol. The lowest BCUT2D eigenvalue weighted by Gasteiger charge is -2.37. The van der Waals surface area contributed by atoms with Crippen molar-refractivity contribution in [1.29, 1.82) is 0 Å². The third-order valence-electron chi connectivity index (χ3n) is 5.89. The topological polar surface area (TPSA) is 87.5 Å². The van der Waals surface area contributed by atoms with Crippen LogP contribution in [0.5, 0.6) is 0 Å². The Balaban J connectivity index is 1.89. The zero-order chi connectivity index (χ0) is 17.6. The van der Waals surface area contributed by atoms with Crippen LogP contribution in [0.2, 0.25) is 0 Å². The van der Waals surface area contributed by atoms with Gasteiger partial charge in [0.2, 0.25) is 5.91 Å². The first-order valence-corrected chi connectivity index (χ1v) is 9.61. The molecule has 0 radical (unpaired) electrons. The summed E-state index contributed by atoms with van der Waals surface area (Å²) < 4.78 is 0. The zero-order valence-corrected chi connectivity index (χ0v) is 15.3. The van der Waals surface area contributed by atoms with Gasteiger partial charge in [-0.05, 0) is 38.5 Å². The summed E-state index contributed by atoms with van der Waals surface area (Å²) in [6.07, 6.45) is 7.92. The number of likely N-dealkylation sites (tertiary alicyclic amines) is 1. The number of rotatable bonds is 6. The van der Waals surface area contributed by atoms with E-state index in [1.807, 2.05) is 4.90 Å². The summed E-state index contributed by atoms with van der Waals surface area (Å²) in [5.74, 6) is -0.0837. The molecule has 1 aliphatic carbocycles. The lowest BCUT2D eigenvalue weighted by atomic mass is 9.90. The van der Waals surface area contributed by atoms with E-state index in [9.17, 15) is 9.59 Å². The molecule has 1 heterocycles. The van der Waals surface area contributed by atoms with Crippen LogP contribution in [0.4, 0.5) is 4.79 Å². The average molecular weight is 338 g/mol. The third-order valence-corrected chi connectivity index (χ3v) is 5.89. The number of amides is 3. The third kappa shape index (κ3) is 4.62. The zero-order valence-electron chi connectivity index (χ0n) is 15.3. The molecular weight excluding hydrogens is 304 g/mol. The van der Waals surface area contributed by atoms with Crippen LogP contribution in [0.1, 0.15) is 65.2 Å². The Bertz CT molecular complexity index is 422. The molecule has 6 heteroatoms. The summed E-state index contributed by atoms with van der Waals surface area (Å²) in [7, 11) is 0. The van der Waals surface area contributed by atoms with E-state index in [2.05, 4.69) is 24.5 Å². The van der Waals surface area contributed by atoms with Crippen LogP contribution in [0.3, 0.4) is 0 Å². The maximum Gasteiger partial charge on any atom is 0.317 e. The Hall–Kier alpha value is -1.30. The quantitative estimate of drug-likeness (QED) is 0.692. The van der Waals surface area contributed by atoms with Crippen molar-refractivity contribution in [2.75, 3.05) is 19.6 Å². The molecule has 1 unspecified atom stereocenters. The smallest absolute Gasteiger partial charge is 0.317 e. The van der Waals surface area contributed by atoms with Crippen molar-refractivity contribution in [1.82, 2.24) is 15.5 Å². The van der Waals surface area contributed by atoms with Gasteiger partial charge in [-0.25, -0.2) is 4.79 Å². The largest absolute Gasteiger partial charge is 0.349 e. The van der Waals surface area contributed by atoms with E-state index in [1.54, 1.807) is 0 Å². The molecule has 0 aromatic heterocycles. The van der Waals surface area contributed by atoms with E-state index in [-0.39, 0.29) is 23.4 Å². The summed E-state index contributed by atoms with van der Waals surface area (Å²) in [6.45, 7) is 5.81. The van der Waals surface area contributed by atoms with Gasteiger partial charge in [-0.3, -0.25) is 4.79 Å². The minimum absolute atomic E-state index is 0.00419. The number of piperidine rings is 1. The summed E-state index contributed by atoms with van der Waals surface area (Å²) in [4.78, 5) is 26.9. The van der Waals surface area contributed by atoms with Crippen LogP contribution in [0.15, 0.2) is 0 Å². The molecule has 24 heavy (non-hydrogen) atoms. The van der Waals surface area contributed by atoms with Crippen LogP contribution < -0.4 is 16.4 Å². The first-order chi connectivity index (χ1) is 11.5. The van der Waals surface area contributed by atoms with Crippen LogP contribution >= 0.6 is 0 Å². The minimum atomic E-state index is -0.314. The second-order valence-electron chi connectivity index (χ2n) is 7.40. The fraction of sp³-hybridized carbons (Fsp3) is 0.889. The molecule has 1 aliphatic heterocycles. The van der Waals surface area contributed by atoms with Gasteiger partial charge in [0, 0.05) is 25.7 Å². The average Bonchev–Trinajstić information content (AvgIpc) is 3.12. The highest BCUT2D eigenvalue weighted by Gasteiger charge is 2.33. The highest BCUT2D eigenvalue weighted by molar-refractivity contribution is 5.81. The molecule has 6 nitrogen and oxygen atoms in total. The molecule has 2 aliphatic rings. The van der Waals surface area contributed by atoms with Crippen molar-refractivity contribution in [2.45, 2.75) is 76.8 Å². The number of hydrogen-bond acceptors (Lipinski definition) is 3. The summed E-state index contributed by atoms with van der Waals surface area (Å²) in [5.41, 5.74) is 5.57. The number of urea groups is 1. The van der Waals surface area contributed by atoms with Crippen LogP contribution in [-0.4, -0.2) is 48.1 Å². The summed E-state index contributed by atoms with van der Waals surface area (Å²) >= 11 is 0. The van der Waals surface area contributed by atoms with E-state index in [0.29, 0.717) is 19.1 Å². The highest BCUT2D eigenvalue weighted by Crippen LogP contribution is 2.22. The van der Waals surface area contributed by atoms with E-state index < -0.39 is 0 Å². The first-order valence-electron chi connectivity index (χ1n) is 9.61. The number of carbonyl (C=O) groups is 2. The molecular formula is C18H34N4O2. The fourth-order valence-electron chi connectivity index (χ4n) is 3.84. The fourth-order valence-corrected chi connectivity index (χ4v) is 3.84. The Labute approximate surface area is 145 Å². The van der Waals surface area contributed by atoms with Crippen molar-refractivity contribution in [3.8, 4) is 0 Å². The van der Waals surface area contributed by atoms with Crippen LogP contribution in [-0.2, 0) is 4.79 Å². The molecule has 1 saturated carbocycles. The Morgan fingerprint density at radius 3 is 2.38 bits per heavy atom. The van der Waals surface area contributed by atoms with E-state index in [1.165, 1.54) is 12.8 Å². The maximum atomic E-state index is 12.7. The Morgan fingerprint density at radius 1 is 1.12 bits per heavy atom. The Morgan fingerprint density at radius 2 is 1.79 bits per heavy atom. The van der Waals surface area contributed by atoms with Gasteiger partial charge in [0.15, 0.2) is 0 Å². The second-order valence-corrected chi connectivity index (χ2v) is 7.40. The van der Waals surface area contributed by atoms with Crippen LogP contribution in [0.25, 0.3) is 0 Å². The number of carbonyl (C=O) groups excluding carboxylic acids is 2. The number of nitrogens with one attached hydrogen (secondary N) is 2. The first kappa shape index (κ1) is 19.0. The van der Waals surface area contributed by atoms with Crippen molar-refractivity contribution >= 4 is 11.9 Å². The van der Waals surface area contributed by atoms with Gasteiger partial charge in [-0.15, -0.1) is 0 Å². The molecule has 1 atom stereocenters. The number of nitrogens with zero attached hydrogens (tertiary/aromatic N) is 1. The maximum absolute atomic E-state index is 12.7. The van der Waals surface area contributed by atoms with Crippen molar-refractivity contribution in [3.63, 3.8) is 0 Å². The molecule has 3 amide bonds. The molecule has 0 aromatic carbocycles. The predicted molar refractivity (Wildman–Crippen MR) is 95.6 cm³/mol. The van der Waals surface area contributed by atoms with Gasteiger partial charge in [0.05, 0.1) is 11.5 Å². The minimum Gasteiger partial charge on any atom is -0.349 e. The van der Waals surface area contributed by atoms with Gasteiger partial charge in [0.1, 0.15) is 0 Å². The van der Waals surface area contributed by atoms with Gasteiger partial charge in [0.25, 0.3) is 0 Å². The van der Waals surface area contributed by atoms with E-state index in [4.69, 9.17) is 5.73 Å². The SMILES string of the molecule is CCC(CC)(CN)NC(=O)C1CCCN(C(=O)NC2CCCC2)C1. The highest BCUT2D eigenvalue weighted by atomic mass is 16.2. The molecule has 0 spiro atoms. The van der Waals surface area contributed by atoms with E-state index >= 15 is 0 Å². The Kier molecular flexibility index (Phi) is 6.90. The lowest BCUT2D eigenvalue weighted by Crippen LogP contribution is -2.57. The molecule has 138 valence electrons. The van der Waals surface area contributed by atoms with E-state index in [0.717, 1.165) is 45.1 Å². The molecule has 0 bridgehead atoms. The van der Waals surface area contributed by atoms with Gasteiger partial charge in [-0.1, -0.05) is 26.7 Å². The molecule has 2 rings (SSSR count). The molecule has 0 aromatic rings. The normalized spacial score (nSPS) is 22.5. The summed E-state index contributed by atoms with van der Waals surface area (Å²) in [5, 5.41) is 6.28. The van der Waals surface area contributed by atoms with Crippen molar-refractivity contribution < 1.29 is 9.59 Å². The molecule has 2 fully saturated rings. The van der Waals surface area contributed by atoms with Gasteiger partial charge < -0.3 is 21.3 Å². The second kappa shape index (κ2) is 8.70. The molecule has 1 saturated heterocycles. The molecule has 4 N–H and O–H groups in total. The summed E-state index contributed by atoms with van der Waals surface area (Å²) in [6, 6.07) is 0.312. The van der Waals surface area contributed by atoms with Crippen LogP contribution in [0, 0.1) is 5.92 Å². The van der Waals surface area contributed by atoms with Gasteiger partial charge >= 0.3 is 6.03 Å².